The SMILES string of the molecule is Cc1cc(C)c([P]c2c(C)cc(C)cc2C)c(C)c1.Cl. The first kappa shape index (κ1) is 17.2. The Labute approximate surface area is 131 Å². The van der Waals surface area contributed by atoms with Crippen molar-refractivity contribution in [3.8, 4) is 0 Å². The van der Waals surface area contributed by atoms with Crippen LogP contribution in [-0.2, 0) is 0 Å². The van der Waals surface area contributed by atoms with Crippen molar-refractivity contribution in [2.45, 2.75) is 41.5 Å². The second-order valence-electron chi connectivity index (χ2n) is 5.61. The monoisotopic (exact) mass is 305 g/mol. The lowest BCUT2D eigenvalue weighted by Gasteiger charge is -2.15. The molecule has 0 N–H and O–H groups in total. The van der Waals surface area contributed by atoms with Gasteiger partial charge in [-0.3, -0.25) is 0 Å². The zero-order valence-corrected chi connectivity index (χ0v) is 14.9. The summed E-state index contributed by atoms with van der Waals surface area (Å²) >= 11 is 0. The lowest BCUT2D eigenvalue weighted by Crippen LogP contribution is -2.15. The minimum absolute atomic E-state index is 0. The average Bonchev–Trinajstić information content (AvgIpc) is 2.25. The number of halogens is 1. The summed E-state index contributed by atoms with van der Waals surface area (Å²) in [6.07, 6.45) is 0. The van der Waals surface area contributed by atoms with Crippen LogP contribution in [-0.4, -0.2) is 0 Å². The van der Waals surface area contributed by atoms with Crippen molar-refractivity contribution in [2.75, 3.05) is 0 Å². The van der Waals surface area contributed by atoms with Crippen LogP contribution in [0, 0.1) is 41.5 Å². The van der Waals surface area contributed by atoms with Gasteiger partial charge >= 0.3 is 0 Å². The molecule has 2 aromatic rings. The molecule has 0 aliphatic heterocycles. The lowest BCUT2D eigenvalue weighted by molar-refractivity contribution is 1.35. The number of benzene rings is 2. The van der Waals surface area contributed by atoms with E-state index in [0.717, 1.165) is 0 Å². The summed E-state index contributed by atoms with van der Waals surface area (Å²) in [5, 5.41) is 2.92. The molecule has 0 amide bonds. The third-order valence-electron chi connectivity index (χ3n) is 3.49. The third kappa shape index (κ3) is 3.62. The normalized spacial score (nSPS) is 10.3. The van der Waals surface area contributed by atoms with E-state index in [-0.39, 0.29) is 12.4 Å². The van der Waals surface area contributed by atoms with E-state index in [2.05, 4.69) is 65.8 Å². The Morgan fingerprint density at radius 1 is 0.550 bits per heavy atom. The minimum Gasteiger partial charge on any atom is -0.147 e. The zero-order chi connectivity index (χ0) is 14.2. The maximum atomic E-state index is 2.29. The first-order valence-electron chi connectivity index (χ1n) is 6.76. The van der Waals surface area contributed by atoms with Gasteiger partial charge < -0.3 is 0 Å². The van der Waals surface area contributed by atoms with Gasteiger partial charge in [-0.2, -0.15) is 0 Å². The molecule has 2 heteroatoms. The Kier molecular flexibility index (Phi) is 5.80. The lowest BCUT2D eigenvalue weighted by atomic mass is 10.1. The number of hydrogen-bond donors (Lipinski definition) is 0. The number of aryl methyl sites for hydroxylation is 6. The van der Waals surface area contributed by atoms with Crippen molar-refractivity contribution < 1.29 is 0 Å². The van der Waals surface area contributed by atoms with Gasteiger partial charge in [-0.05, 0) is 83.0 Å². The summed E-state index contributed by atoms with van der Waals surface area (Å²) in [5.74, 6) is 0. The van der Waals surface area contributed by atoms with Gasteiger partial charge in [0.25, 0.3) is 0 Å². The highest BCUT2D eigenvalue weighted by atomic mass is 35.5. The van der Waals surface area contributed by atoms with E-state index >= 15 is 0 Å². The number of hydrogen-bond acceptors (Lipinski definition) is 0. The molecule has 0 heterocycles. The molecule has 1 radical (unpaired) electrons. The van der Waals surface area contributed by atoms with Crippen LogP contribution in [0.5, 0.6) is 0 Å². The number of rotatable bonds is 2. The van der Waals surface area contributed by atoms with E-state index < -0.39 is 0 Å². The molecular formula is C18H23ClP. The Bertz CT molecular complexity index is 528. The summed E-state index contributed by atoms with van der Waals surface area (Å²) in [7, 11) is 1.34. The van der Waals surface area contributed by atoms with Crippen molar-refractivity contribution in [1.82, 2.24) is 0 Å². The molecule has 0 atom stereocenters. The molecule has 0 aromatic heterocycles. The van der Waals surface area contributed by atoms with Gasteiger partial charge in [0.05, 0.1) is 0 Å². The molecule has 0 spiro atoms. The summed E-state index contributed by atoms with van der Waals surface area (Å²) in [6, 6.07) is 9.14. The maximum Gasteiger partial charge on any atom is -0.00877 e. The van der Waals surface area contributed by atoms with Gasteiger partial charge in [-0.15, -0.1) is 12.4 Å². The van der Waals surface area contributed by atoms with Gasteiger partial charge in [0.1, 0.15) is 0 Å². The topological polar surface area (TPSA) is 0 Å². The molecule has 0 saturated carbocycles. The summed E-state index contributed by atoms with van der Waals surface area (Å²) in [4.78, 5) is 0. The van der Waals surface area contributed by atoms with E-state index in [9.17, 15) is 0 Å². The van der Waals surface area contributed by atoms with Crippen LogP contribution in [0.15, 0.2) is 24.3 Å². The molecule has 0 fully saturated rings. The van der Waals surface area contributed by atoms with Crippen molar-refractivity contribution in [2.24, 2.45) is 0 Å². The van der Waals surface area contributed by atoms with Crippen molar-refractivity contribution in [3.05, 3.63) is 57.6 Å². The van der Waals surface area contributed by atoms with E-state index in [4.69, 9.17) is 0 Å². The summed E-state index contributed by atoms with van der Waals surface area (Å²) < 4.78 is 0. The standard InChI is InChI=1S/C18H22P.ClH/c1-11-7-13(3)17(14(4)8-11)19-18-15(5)9-12(2)10-16(18)6;/h7-10H,1-6H3;1H. The van der Waals surface area contributed by atoms with Gasteiger partial charge in [-0.25, -0.2) is 0 Å². The summed E-state index contributed by atoms with van der Waals surface area (Å²) in [5.41, 5.74) is 8.31. The van der Waals surface area contributed by atoms with Gasteiger partial charge in [0.15, 0.2) is 0 Å². The second-order valence-corrected chi connectivity index (χ2v) is 6.72. The van der Waals surface area contributed by atoms with Crippen molar-refractivity contribution in [1.29, 1.82) is 0 Å². The summed E-state index contributed by atoms with van der Waals surface area (Å²) in [6.45, 7) is 13.2. The average molecular weight is 306 g/mol. The third-order valence-corrected chi connectivity index (χ3v) is 5.35. The van der Waals surface area contributed by atoms with Gasteiger partial charge in [-0.1, -0.05) is 35.4 Å². The largest absolute Gasteiger partial charge is 0.147 e. The molecule has 0 aliphatic carbocycles. The Balaban J connectivity index is 0.00000200. The molecule has 0 aliphatic rings. The highest BCUT2D eigenvalue weighted by Gasteiger charge is 2.10. The van der Waals surface area contributed by atoms with Gasteiger partial charge in [0, 0.05) is 0 Å². The van der Waals surface area contributed by atoms with Crippen LogP contribution < -0.4 is 10.6 Å². The Morgan fingerprint density at radius 2 is 0.800 bits per heavy atom. The maximum absolute atomic E-state index is 2.29. The van der Waals surface area contributed by atoms with Crippen LogP contribution >= 0.6 is 21.0 Å². The smallest absolute Gasteiger partial charge is 0.00877 e. The predicted molar refractivity (Wildman–Crippen MR) is 94.7 cm³/mol. The Morgan fingerprint density at radius 3 is 1.05 bits per heavy atom. The molecule has 0 unspecified atom stereocenters. The Hall–Kier alpha value is -0.840. The van der Waals surface area contributed by atoms with E-state index in [1.807, 2.05) is 0 Å². The molecule has 0 bridgehead atoms. The highest BCUT2D eigenvalue weighted by molar-refractivity contribution is 7.56. The van der Waals surface area contributed by atoms with Crippen LogP contribution in [0.25, 0.3) is 0 Å². The van der Waals surface area contributed by atoms with Crippen molar-refractivity contribution >= 4 is 31.6 Å². The van der Waals surface area contributed by atoms with Crippen LogP contribution in [0.2, 0.25) is 0 Å². The minimum atomic E-state index is 0. The van der Waals surface area contributed by atoms with Crippen molar-refractivity contribution in [3.63, 3.8) is 0 Å². The molecule has 107 valence electrons. The molecule has 20 heavy (non-hydrogen) atoms. The zero-order valence-electron chi connectivity index (χ0n) is 13.2. The van der Waals surface area contributed by atoms with Crippen LogP contribution in [0.4, 0.5) is 0 Å². The molecular weight excluding hydrogens is 283 g/mol. The predicted octanol–water partition coefficient (Wildman–Crippen LogP) is 4.86. The van der Waals surface area contributed by atoms with Crippen LogP contribution in [0.1, 0.15) is 33.4 Å². The molecule has 0 nitrogen and oxygen atoms in total. The fourth-order valence-electron chi connectivity index (χ4n) is 2.81. The highest BCUT2D eigenvalue weighted by Crippen LogP contribution is 2.22. The molecule has 2 aromatic carbocycles. The van der Waals surface area contributed by atoms with E-state index in [1.54, 1.807) is 0 Å². The quantitative estimate of drug-likeness (QED) is 0.695. The first-order chi connectivity index (χ1) is 8.88. The first-order valence-corrected chi connectivity index (χ1v) is 7.65. The van der Waals surface area contributed by atoms with Crippen LogP contribution in [0.3, 0.4) is 0 Å². The molecule has 0 saturated heterocycles. The fraction of sp³-hybridized carbons (Fsp3) is 0.333. The fourth-order valence-corrected chi connectivity index (χ4v) is 4.00. The second kappa shape index (κ2) is 6.74. The van der Waals surface area contributed by atoms with E-state index in [1.165, 1.54) is 52.6 Å². The van der Waals surface area contributed by atoms with Gasteiger partial charge in [0.2, 0.25) is 0 Å². The molecule has 2 rings (SSSR count). The van der Waals surface area contributed by atoms with E-state index in [0.29, 0.717) is 0 Å².